The zero-order valence-electron chi connectivity index (χ0n) is 12.2. The Bertz CT molecular complexity index is 557. The second-order valence-electron chi connectivity index (χ2n) is 5.44. The molecule has 20 heavy (non-hydrogen) atoms. The number of piperidine rings is 1. The normalized spacial score (nSPS) is 23.9. The number of hydrogen-bond acceptors (Lipinski definition) is 4. The summed E-state index contributed by atoms with van der Waals surface area (Å²) in [5, 5.41) is 0. The molecule has 2 unspecified atom stereocenters. The third kappa shape index (κ3) is 2.99. The van der Waals surface area contributed by atoms with E-state index in [1.54, 1.807) is 19.1 Å². The Morgan fingerprint density at radius 1 is 1.30 bits per heavy atom. The van der Waals surface area contributed by atoms with E-state index in [-0.39, 0.29) is 11.8 Å². The van der Waals surface area contributed by atoms with Crippen LogP contribution in [0.4, 0.5) is 5.69 Å². The van der Waals surface area contributed by atoms with E-state index in [1.165, 1.54) is 0 Å². The maximum absolute atomic E-state index is 12.2. The second-order valence-corrected chi connectivity index (χ2v) is 7.68. The molecular formula is C15H24N2O2S. The summed E-state index contributed by atoms with van der Waals surface area (Å²) in [5.74, 6) is 0.565. The molecule has 0 aliphatic carbocycles. The van der Waals surface area contributed by atoms with Gasteiger partial charge in [-0.3, -0.25) is 0 Å². The molecule has 0 spiro atoms. The van der Waals surface area contributed by atoms with Gasteiger partial charge in [-0.05, 0) is 24.5 Å². The summed E-state index contributed by atoms with van der Waals surface area (Å²) in [7, 11) is -3.19. The molecule has 4 nitrogen and oxygen atoms in total. The van der Waals surface area contributed by atoms with E-state index in [4.69, 9.17) is 5.73 Å². The van der Waals surface area contributed by atoms with Crippen LogP contribution in [0.15, 0.2) is 29.2 Å². The highest BCUT2D eigenvalue weighted by molar-refractivity contribution is 7.91. The SMILES string of the molecule is CCC1CN(c2ccccc2S(=O)(=O)CC)CCC1N. The van der Waals surface area contributed by atoms with E-state index in [0.29, 0.717) is 10.8 Å². The summed E-state index contributed by atoms with van der Waals surface area (Å²) >= 11 is 0. The third-order valence-electron chi connectivity index (χ3n) is 4.24. The van der Waals surface area contributed by atoms with Gasteiger partial charge in [-0.15, -0.1) is 0 Å². The van der Waals surface area contributed by atoms with Crippen molar-refractivity contribution in [3.8, 4) is 0 Å². The fourth-order valence-corrected chi connectivity index (χ4v) is 3.95. The molecule has 1 aliphatic heterocycles. The van der Waals surface area contributed by atoms with Crippen LogP contribution in [0.25, 0.3) is 0 Å². The molecule has 0 saturated carbocycles. The van der Waals surface area contributed by atoms with E-state index in [1.807, 2.05) is 12.1 Å². The lowest BCUT2D eigenvalue weighted by Gasteiger charge is -2.38. The summed E-state index contributed by atoms with van der Waals surface area (Å²) < 4.78 is 24.5. The average Bonchev–Trinajstić information content (AvgIpc) is 2.48. The van der Waals surface area contributed by atoms with Crippen molar-refractivity contribution in [3.05, 3.63) is 24.3 Å². The number of sulfone groups is 1. The number of benzene rings is 1. The zero-order valence-corrected chi connectivity index (χ0v) is 13.1. The van der Waals surface area contributed by atoms with E-state index in [0.717, 1.165) is 31.6 Å². The smallest absolute Gasteiger partial charge is 0.180 e. The molecule has 5 heteroatoms. The minimum Gasteiger partial charge on any atom is -0.370 e. The molecule has 0 amide bonds. The third-order valence-corrected chi connectivity index (χ3v) is 6.01. The molecule has 1 heterocycles. The number of anilines is 1. The van der Waals surface area contributed by atoms with Crippen LogP contribution in [0.2, 0.25) is 0 Å². The number of nitrogens with zero attached hydrogens (tertiary/aromatic N) is 1. The van der Waals surface area contributed by atoms with Gasteiger partial charge in [0.25, 0.3) is 0 Å². The molecular weight excluding hydrogens is 272 g/mol. The summed E-state index contributed by atoms with van der Waals surface area (Å²) in [4.78, 5) is 2.63. The van der Waals surface area contributed by atoms with Crippen molar-refractivity contribution < 1.29 is 8.42 Å². The van der Waals surface area contributed by atoms with Crippen molar-refractivity contribution in [1.29, 1.82) is 0 Å². The van der Waals surface area contributed by atoms with E-state index >= 15 is 0 Å². The van der Waals surface area contributed by atoms with Crippen LogP contribution in [0.3, 0.4) is 0 Å². The molecule has 0 radical (unpaired) electrons. The van der Waals surface area contributed by atoms with Gasteiger partial charge in [0.05, 0.1) is 16.3 Å². The second kappa shape index (κ2) is 6.14. The number of hydrogen-bond donors (Lipinski definition) is 1. The van der Waals surface area contributed by atoms with Gasteiger partial charge in [-0.1, -0.05) is 32.4 Å². The summed E-state index contributed by atoms with van der Waals surface area (Å²) in [5.41, 5.74) is 6.97. The quantitative estimate of drug-likeness (QED) is 0.923. The topological polar surface area (TPSA) is 63.4 Å². The van der Waals surface area contributed by atoms with Crippen LogP contribution in [0, 0.1) is 5.92 Å². The van der Waals surface area contributed by atoms with Crippen molar-refractivity contribution in [2.45, 2.75) is 37.6 Å². The first kappa shape index (κ1) is 15.3. The van der Waals surface area contributed by atoms with Gasteiger partial charge in [0.15, 0.2) is 9.84 Å². The number of rotatable bonds is 4. The molecule has 0 bridgehead atoms. The Morgan fingerprint density at radius 3 is 2.65 bits per heavy atom. The molecule has 2 N–H and O–H groups in total. The van der Waals surface area contributed by atoms with Crippen molar-refractivity contribution in [1.82, 2.24) is 0 Å². The van der Waals surface area contributed by atoms with Crippen LogP contribution in [-0.4, -0.2) is 33.3 Å². The van der Waals surface area contributed by atoms with Gasteiger partial charge in [0, 0.05) is 19.1 Å². The maximum Gasteiger partial charge on any atom is 0.180 e. The van der Waals surface area contributed by atoms with Crippen molar-refractivity contribution in [2.75, 3.05) is 23.7 Å². The molecule has 1 aromatic rings. The number of nitrogens with two attached hydrogens (primary N) is 1. The van der Waals surface area contributed by atoms with Crippen LogP contribution in [-0.2, 0) is 9.84 Å². The van der Waals surface area contributed by atoms with E-state index in [9.17, 15) is 8.42 Å². The highest BCUT2D eigenvalue weighted by Crippen LogP contribution is 2.30. The van der Waals surface area contributed by atoms with E-state index < -0.39 is 9.84 Å². The first-order valence-electron chi connectivity index (χ1n) is 7.32. The molecule has 2 rings (SSSR count). The minimum atomic E-state index is -3.19. The van der Waals surface area contributed by atoms with Crippen molar-refractivity contribution in [2.24, 2.45) is 11.7 Å². The minimum absolute atomic E-state index is 0.134. The Labute approximate surface area is 121 Å². The van der Waals surface area contributed by atoms with Gasteiger partial charge in [0.1, 0.15) is 0 Å². The summed E-state index contributed by atoms with van der Waals surface area (Å²) in [6.07, 6.45) is 1.94. The van der Waals surface area contributed by atoms with Crippen LogP contribution in [0.1, 0.15) is 26.7 Å². The fourth-order valence-electron chi connectivity index (χ4n) is 2.84. The monoisotopic (exact) mass is 296 g/mol. The zero-order chi connectivity index (χ0) is 14.8. The Morgan fingerprint density at radius 2 is 2.00 bits per heavy atom. The van der Waals surface area contributed by atoms with Gasteiger partial charge in [-0.25, -0.2) is 8.42 Å². The van der Waals surface area contributed by atoms with Gasteiger partial charge < -0.3 is 10.6 Å². The highest BCUT2D eigenvalue weighted by atomic mass is 32.2. The first-order valence-corrected chi connectivity index (χ1v) is 8.97. The first-order chi connectivity index (χ1) is 9.49. The Hall–Kier alpha value is -1.07. The fraction of sp³-hybridized carbons (Fsp3) is 0.600. The molecule has 1 fully saturated rings. The largest absolute Gasteiger partial charge is 0.370 e. The molecule has 112 valence electrons. The lowest BCUT2D eigenvalue weighted by Crippen LogP contribution is -2.47. The van der Waals surface area contributed by atoms with Crippen LogP contribution in [0.5, 0.6) is 0 Å². The standard InChI is InChI=1S/C15H24N2O2S/c1-3-12-11-17(10-9-13(12)16)14-7-5-6-8-15(14)20(18,19)4-2/h5-8,12-13H,3-4,9-11,16H2,1-2H3. The predicted molar refractivity (Wildman–Crippen MR) is 82.8 cm³/mol. The molecule has 1 aromatic carbocycles. The lowest BCUT2D eigenvalue weighted by atomic mass is 9.90. The summed E-state index contributed by atoms with van der Waals surface area (Å²) in [6.45, 7) is 5.50. The molecule has 2 atom stereocenters. The highest BCUT2D eigenvalue weighted by Gasteiger charge is 2.28. The molecule has 1 aliphatic rings. The van der Waals surface area contributed by atoms with Crippen LogP contribution >= 0.6 is 0 Å². The van der Waals surface area contributed by atoms with Gasteiger partial charge >= 0.3 is 0 Å². The Kier molecular flexibility index (Phi) is 4.70. The molecule has 1 saturated heterocycles. The van der Waals surface area contributed by atoms with E-state index in [2.05, 4.69) is 11.8 Å². The summed E-state index contributed by atoms with van der Waals surface area (Å²) in [6, 6.07) is 7.54. The van der Waals surface area contributed by atoms with Crippen molar-refractivity contribution >= 4 is 15.5 Å². The Balaban J connectivity index is 2.34. The average molecular weight is 296 g/mol. The molecule has 0 aromatic heterocycles. The maximum atomic E-state index is 12.2. The lowest BCUT2D eigenvalue weighted by molar-refractivity contribution is 0.347. The van der Waals surface area contributed by atoms with Crippen molar-refractivity contribution in [3.63, 3.8) is 0 Å². The van der Waals surface area contributed by atoms with Gasteiger partial charge in [-0.2, -0.15) is 0 Å². The predicted octanol–water partition coefficient (Wildman–Crippen LogP) is 2.04. The van der Waals surface area contributed by atoms with Gasteiger partial charge in [0.2, 0.25) is 0 Å². The number of para-hydroxylation sites is 1. The van der Waals surface area contributed by atoms with Crippen LogP contribution < -0.4 is 10.6 Å².